The van der Waals surface area contributed by atoms with E-state index in [0.29, 0.717) is 0 Å². The first kappa shape index (κ1) is 16.8. The van der Waals surface area contributed by atoms with Gasteiger partial charge in [-0.3, -0.25) is 0 Å². The van der Waals surface area contributed by atoms with E-state index in [-0.39, 0.29) is 32.0 Å². The predicted octanol–water partition coefficient (Wildman–Crippen LogP) is 4.01. The summed E-state index contributed by atoms with van der Waals surface area (Å²) in [6, 6.07) is 10.5. The zero-order chi connectivity index (χ0) is 16.3. The Kier molecular flexibility index (Phi) is 5.11. The highest BCUT2D eigenvalue weighted by Crippen LogP contribution is 2.32. The molecule has 0 aliphatic heterocycles. The van der Waals surface area contributed by atoms with Gasteiger partial charge in [0.2, 0.25) is 0 Å². The van der Waals surface area contributed by atoms with E-state index < -0.39 is 15.8 Å². The lowest BCUT2D eigenvalue weighted by Gasteiger charge is -2.10. The smallest absolute Gasteiger partial charge is 0.344 e. The molecule has 0 atom stereocenters. The van der Waals surface area contributed by atoms with Crippen LogP contribution < -0.4 is 4.74 Å². The molecular weight excluding hydrogens is 347 g/mol. The van der Waals surface area contributed by atoms with E-state index in [2.05, 4.69) is 0 Å². The third-order valence-electron chi connectivity index (χ3n) is 2.94. The summed E-state index contributed by atoms with van der Waals surface area (Å²) in [5, 5.41) is 0.328. The summed E-state index contributed by atoms with van der Waals surface area (Å²) in [5.74, 6) is -0.852. The summed E-state index contributed by atoms with van der Waals surface area (Å²) in [6.07, 6.45) is 0. The van der Waals surface area contributed by atoms with E-state index in [4.69, 9.17) is 27.9 Å². The Balaban J connectivity index is 2.41. The van der Waals surface area contributed by atoms with Crippen molar-refractivity contribution in [3.8, 4) is 5.75 Å². The Morgan fingerprint density at radius 3 is 2.45 bits per heavy atom. The molecule has 2 rings (SSSR count). The van der Waals surface area contributed by atoms with Crippen LogP contribution in [0.4, 0.5) is 0 Å². The lowest BCUT2D eigenvalue weighted by atomic mass is 10.2. The van der Waals surface area contributed by atoms with Crippen LogP contribution in [0, 0.1) is 0 Å². The van der Waals surface area contributed by atoms with Crippen molar-refractivity contribution in [2.24, 2.45) is 0 Å². The van der Waals surface area contributed by atoms with Gasteiger partial charge in [-0.25, -0.2) is 13.2 Å². The molecule has 7 heteroatoms. The molecule has 0 bridgehead atoms. The molecule has 0 unspecified atom stereocenters. The normalized spacial score (nSPS) is 11.2. The second kappa shape index (κ2) is 6.69. The minimum absolute atomic E-state index is 0.0413. The summed E-state index contributed by atoms with van der Waals surface area (Å²) in [5.41, 5.74) is -0.0413. The average molecular weight is 359 g/mol. The zero-order valence-electron chi connectivity index (χ0n) is 11.5. The second-order valence-electron chi connectivity index (χ2n) is 4.34. The second-order valence-corrected chi connectivity index (χ2v) is 7.37. The molecule has 0 aliphatic rings. The van der Waals surface area contributed by atoms with Gasteiger partial charge in [-0.05, 0) is 24.3 Å². The fourth-order valence-electron chi connectivity index (χ4n) is 1.78. The summed E-state index contributed by atoms with van der Waals surface area (Å²) >= 11 is 11.8. The highest BCUT2D eigenvalue weighted by atomic mass is 35.5. The van der Waals surface area contributed by atoms with Crippen molar-refractivity contribution in [2.45, 2.75) is 11.8 Å². The maximum absolute atomic E-state index is 12.3. The molecule has 0 heterocycles. The van der Waals surface area contributed by atoms with Crippen molar-refractivity contribution in [1.29, 1.82) is 0 Å². The van der Waals surface area contributed by atoms with Crippen LogP contribution in [0.25, 0.3) is 0 Å². The molecule has 0 N–H and O–H groups in total. The molecule has 0 saturated carbocycles. The van der Waals surface area contributed by atoms with Crippen LogP contribution in [-0.4, -0.2) is 20.1 Å². The van der Waals surface area contributed by atoms with Crippen LogP contribution in [0.2, 0.25) is 10.0 Å². The number of carbonyl (C=O) groups excluding carboxylic acids is 1. The molecule has 116 valence electrons. The molecule has 22 heavy (non-hydrogen) atoms. The minimum Gasteiger partial charge on any atom is -0.421 e. The molecule has 2 aromatic rings. The number of halogens is 2. The summed E-state index contributed by atoms with van der Waals surface area (Å²) in [4.78, 5) is 12.2. The first-order chi connectivity index (χ1) is 10.4. The van der Waals surface area contributed by atoms with Crippen LogP contribution >= 0.6 is 23.2 Å². The molecule has 4 nitrogen and oxygen atoms in total. The van der Waals surface area contributed by atoms with Crippen LogP contribution in [-0.2, 0) is 9.84 Å². The quantitative estimate of drug-likeness (QED) is 0.611. The highest BCUT2D eigenvalue weighted by Gasteiger charge is 2.22. The lowest BCUT2D eigenvalue weighted by Crippen LogP contribution is -2.15. The molecule has 0 aromatic heterocycles. The Hall–Kier alpha value is -1.56. The number of benzene rings is 2. The van der Waals surface area contributed by atoms with Gasteiger partial charge in [-0.15, -0.1) is 0 Å². The van der Waals surface area contributed by atoms with Gasteiger partial charge in [-0.1, -0.05) is 48.3 Å². The van der Waals surface area contributed by atoms with Gasteiger partial charge >= 0.3 is 5.97 Å². The van der Waals surface area contributed by atoms with Gasteiger partial charge in [0, 0.05) is 0 Å². The molecule has 0 amide bonds. The minimum atomic E-state index is -3.54. The monoisotopic (exact) mass is 358 g/mol. The van der Waals surface area contributed by atoms with Crippen molar-refractivity contribution >= 4 is 39.0 Å². The van der Waals surface area contributed by atoms with Gasteiger partial charge in [0.25, 0.3) is 0 Å². The third kappa shape index (κ3) is 3.43. The fourth-order valence-corrected chi connectivity index (χ4v) is 3.19. The fraction of sp³-hybridized carbons (Fsp3) is 0.133. The van der Waals surface area contributed by atoms with E-state index in [1.807, 2.05) is 0 Å². The Bertz CT molecular complexity index is 816. The molecule has 0 spiro atoms. The number of carbonyl (C=O) groups is 1. The SMILES string of the molecule is CCS(=O)(=O)c1ccccc1C(=O)Oc1cccc(Cl)c1Cl. The third-order valence-corrected chi connectivity index (χ3v) is 5.53. The zero-order valence-corrected chi connectivity index (χ0v) is 13.9. The topological polar surface area (TPSA) is 60.4 Å². The van der Waals surface area contributed by atoms with E-state index in [9.17, 15) is 13.2 Å². The van der Waals surface area contributed by atoms with E-state index in [1.165, 1.54) is 25.1 Å². The number of hydrogen-bond donors (Lipinski definition) is 0. The molecule has 2 aromatic carbocycles. The first-order valence-electron chi connectivity index (χ1n) is 6.34. The van der Waals surface area contributed by atoms with Gasteiger partial charge < -0.3 is 4.74 Å². The van der Waals surface area contributed by atoms with Crippen molar-refractivity contribution in [3.63, 3.8) is 0 Å². The van der Waals surface area contributed by atoms with Crippen molar-refractivity contribution < 1.29 is 17.9 Å². The molecule has 0 aliphatic carbocycles. The standard InChI is InChI=1S/C15H12Cl2O4S/c1-2-22(19,20)13-9-4-3-6-10(13)15(18)21-12-8-5-7-11(16)14(12)17/h3-9H,2H2,1H3. The van der Waals surface area contributed by atoms with Crippen LogP contribution in [0.5, 0.6) is 5.75 Å². The molecular formula is C15H12Cl2O4S. The summed E-state index contributed by atoms with van der Waals surface area (Å²) in [6.45, 7) is 1.51. The van der Waals surface area contributed by atoms with Gasteiger partial charge in [-0.2, -0.15) is 0 Å². The van der Waals surface area contributed by atoms with E-state index in [1.54, 1.807) is 24.3 Å². The average Bonchev–Trinajstić information content (AvgIpc) is 2.51. The predicted molar refractivity (Wildman–Crippen MR) is 85.6 cm³/mol. The van der Waals surface area contributed by atoms with Crippen molar-refractivity contribution in [3.05, 3.63) is 58.1 Å². The highest BCUT2D eigenvalue weighted by molar-refractivity contribution is 7.91. The summed E-state index contributed by atoms with van der Waals surface area (Å²) in [7, 11) is -3.54. The maximum atomic E-state index is 12.3. The number of hydrogen-bond acceptors (Lipinski definition) is 4. The molecule has 0 radical (unpaired) electrons. The first-order valence-corrected chi connectivity index (χ1v) is 8.75. The molecule has 0 saturated heterocycles. The van der Waals surface area contributed by atoms with Gasteiger partial charge in [0.05, 0.1) is 21.2 Å². The van der Waals surface area contributed by atoms with Gasteiger partial charge in [0.15, 0.2) is 15.6 Å². The van der Waals surface area contributed by atoms with Crippen LogP contribution in [0.1, 0.15) is 17.3 Å². The number of esters is 1. The van der Waals surface area contributed by atoms with E-state index in [0.717, 1.165) is 0 Å². The lowest BCUT2D eigenvalue weighted by molar-refractivity contribution is 0.0731. The Morgan fingerprint density at radius 2 is 1.77 bits per heavy atom. The van der Waals surface area contributed by atoms with Gasteiger partial charge in [0.1, 0.15) is 5.02 Å². The Labute approximate surface area is 138 Å². The number of rotatable bonds is 4. The maximum Gasteiger partial charge on any atom is 0.344 e. The largest absolute Gasteiger partial charge is 0.421 e. The van der Waals surface area contributed by atoms with Crippen molar-refractivity contribution in [2.75, 3.05) is 5.75 Å². The van der Waals surface area contributed by atoms with Crippen molar-refractivity contribution in [1.82, 2.24) is 0 Å². The van der Waals surface area contributed by atoms with E-state index >= 15 is 0 Å². The van der Waals surface area contributed by atoms with Crippen LogP contribution in [0.15, 0.2) is 47.4 Å². The molecule has 0 fully saturated rings. The number of ether oxygens (including phenoxy) is 1. The number of sulfone groups is 1. The Morgan fingerprint density at radius 1 is 1.09 bits per heavy atom. The van der Waals surface area contributed by atoms with Crippen LogP contribution in [0.3, 0.4) is 0 Å². The summed E-state index contributed by atoms with van der Waals surface area (Å²) < 4.78 is 29.3.